The molecule has 0 radical (unpaired) electrons. The number of aromatic nitrogens is 6. The Morgan fingerprint density at radius 2 is 0.785 bits per heavy atom. The van der Waals surface area contributed by atoms with E-state index >= 15 is 0 Å². The van der Waals surface area contributed by atoms with Gasteiger partial charge < -0.3 is 27.8 Å². The van der Waals surface area contributed by atoms with E-state index in [4.69, 9.17) is 17.2 Å². The molecular weight excluding hydrogens is 1490 g/mol. The average molecular weight is 1630 g/mol. The van der Waals surface area contributed by atoms with Crippen molar-refractivity contribution in [2.75, 3.05) is 17.2 Å². The number of hydrogen-bond acceptors (Lipinski definition) is 11. The van der Waals surface area contributed by atoms with Gasteiger partial charge in [0.2, 0.25) is 5.91 Å². The molecule has 8 N–H and O–H groups in total. The maximum Gasteiger partial charge on any atom is 0.267 e. The third-order valence-corrected chi connectivity index (χ3v) is 21.2. The Bertz CT molecular complexity index is 5140. The Morgan fingerprint density at radius 1 is 0.331 bits per heavy atom. The Hall–Kier alpha value is -11.0. The molecule has 0 aliphatic carbocycles. The highest BCUT2D eigenvalue weighted by Gasteiger charge is 2.26. The zero-order valence-corrected chi connectivity index (χ0v) is 78.6. The van der Waals surface area contributed by atoms with Crippen LogP contribution in [0.1, 0.15) is 293 Å². The molecular formula is C107H143N11O3. The molecule has 1 atom stereocenters. The predicted molar refractivity (Wildman–Crippen MR) is 514 cm³/mol. The second-order valence-electron chi connectivity index (χ2n) is 41.1. The first-order chi connectivity index (χ1) is 56.0. The van der Waals surface area contributed by atoms with Crippen molar-refractivity contribution >= 4 is 61.7 Å². The van der Waals surface area contributed by atoms with Crippen LogP contribution in [0.3, 0.4) is 0 Å². The molecule has 12 aromatic rings. The molecule has 121 heavy (non-hydrogen) atoms. The van der Waals surface area contributed by atoms with Gasteiger partial charge in [-0.2, -0.15) is 0 Å². The van der Waals surface area contributed by atoms with Gasteiger partial charge in [0.05, 0.1) is 11.0 Å². The Labute approximate surface area is 726 Å². The quantitative estimate of drug-likeness (QED) is 0.112. The molecule has 644 valence electrons. The van der Waals surface area contributed by atoms with Crippen molar-refractivity contribution in [1.82, 2.24) is 29.9 Å². The van der Waals surface area contributed by atoms with Gasteiger partial charge in [-0.15, -0.1) is 0 Å². The van der Waals surface area contributed by atoms with Gasteiger partial charge in [-0.05, 0) is 222 Å². The summed E-state index contributed by atoms with van der Waals surface area (Å²) in [6.45, 7) is 64.7. The summed E-state index contributed by atoms with van der Waals surface area (Å²) in [4.78, 5) is 57.2. The molecule has 0 fully saturated rings. The molecule has 2 aliphatic heterocycles. The van der Waals surface area contributed by atoms with Crippen LogP contribution in [0.2, 0.25) is 0 Å². The number of rotatable bonds is 3. The maximum atomic E-state index is 11.2. The van der Waals surface area contributed by atoms with E-state index in [0.29, 0.717) is 11.4 Å². The number of nitrogens with zero attached hydrogens (tertiary/aromatic N) is 6. The van der Waals surface area contributed by atoms with E-state index in [0.717, 1.165) is 52.6 Å². The number of nitrogens with one attached hydrogen (secondary N) is 2. The van der Waals surface area contributed by atoms with E-state index in [2.05, 4.69) is 393 Å². The number of nitrogens with two attached hydrogens (primary N) is 3. The summed E-state index contributed by atoms with van der Waals surface area (Å²) in [7, 11) is 0. The minimum absolute atomic E-state index is 0.0210. The van der Waals surface area contributed by atoms with Crippen molar-refractivity contribution in [1.29, 1.82) is 0 Å². The molecule has 5 aromatic heterocycles. The van der Waals surface area contributed by atoms with Crippen molar-refractivity contribution < 1.29 is 14.4 Å². The van der Waals surface area contributed by atoms with Gasteiger partial charge in [0, 0.05) is 71.3 Å². The van der Waals surface area contributed by atoms with Crippen LogP contribution in [0, 0.1) is 13.8 Å². The van der Waals surface area contributed by atoms with Crippen molar-refractivity contribution in [3.05, 3.63) is 309 Å². The highest BCUT2D eigenvalue weighted by molar-refractivity contribution is 5.91. The first-order valence-corrected chi connectivity index (χ1v) is 42.6. The monoisotopic (exact) mass is 1630 g/mol. The predicted octanol–water partition coefficient (Wildman–Crippen LogP) is 25.1. The van der Waals surface area contributed by atoms with E-state index in [1.54, 1.807) is 30.9 Å². The summed E-state index contributed by atoms with van der Waals surface area (Å²) in [5.74, 6) is -1.23. The third kappa shape index (κ3) is 32.2. The molecule has 3 amide bonds. The van der Waals surface area contributed by atoms with Gasteiger partial charge >= 0.3 is 0 Å². The van der Waals surface area contributed by atoms with Crippen LogP contribution in [0.25, 0.3) is 32.6 Å². The van der Waals surface area contributed by atoms with Crippen molar-refractivity contribution in [3.63, 3.8) is 0 Å². The van der Waals surface area contributed by atoms with E-state index in [1.165, 1.54) is 95.9 Å². The van der Waals surface area contributed by atoms with E-state index < -0.39 is 11.8 Å². The van der Waals surface area contributed by atoms with Crippen LogP contribution < -0.4 is 27.8 Å². The largest absolute Gasteiger partial charge is 0.385 e. The number of fused-ring (bicyclic) bond motifs is 5. The van der Waals surface area contributed by atoms with Gasteiger partial charge in [-0.25, -0.2) is 9.97 Å². The Kier molecular flexibility index (Phi) is 34.3. The topological polar surface area (TPSA) is 231 Å². The fourth-order valence-electron chi connectivity index (χ4n) is 12.8. The van der Waals surface area contributed by atoms with Crippen molar-refractivity contribution in [2.45, 2.75) is 281 Å². The van der Waals surface area contributed by atoms with Gasteiger partial charge in [0.1, 0.15) is 23.8 Å². The lowest BCUT2D eigenvalue weighted by molar-refractivity contribution is -0.118. The number of pyridine rings is 4. The Balaban J connectivity index is 0.000000211. The second-order valence-corrected chi connectivity index (χ2v) is 41.1. The summed E-state index contributed by atoms with van der Waals surface area (Å²) in [5, 5.41) is 11.5. The molecule has 2 aliphatic rings. The smallest absolute Gasteiger partial charge is 0.267 e. The third-order valence-electron chi connectivity index (χ3n) is 21.2. The van der Waals surface area contributed by atoms with Gasteiger partial charge in [-0.3, -0.25) is 34.3 Å². The molecule has 0 saturated carbocycles. The maximum absolute atomic E-state index is 11.2. The van der Waals surface area contributed by atoms with E-state index in [1.807, 2.05) is 43.0 Å². The number of primary amides is 3. The number of anilines is 2. The lowest BCUT2D eigenvalue weighted by Crippen LogP contribution is -2.38. The van der Waals surface area contributed by atoms with Crippen LogP contribution in [0.15, 0.2) is 225 Å². The normalized spacial score (nSPS) is 13.2. The molecule has 0 bridgehead atoms. The van der Waals surface area contributed by atoms with Crippen LogP contribution in [0.5, 0.6) is 0 Å². The standard InChI is InChI=1S/C14H20N2O.C13H15N.C13H19N.C13H15N.C12H14N2.2C11H16.2C10H14N2O/c1-14(2,3)10-5-7-11-9(8-10)4-6-12(16-11)13(15)17;1-13(2,3)12-5-4-11-9-14-7-6-10(11)8-12;2*1-13(2,3)11-6-7-12-10(9-11)5-4-8-14-12;1-12(2,3)10-4-5-11-9(6-10)7-13-8-14-11;1-9-5-7-10(8-6-9)11(2,3)4;1-9-6-5-7-10(8-9)11(2,3)4;1-10(2,3)7-4-5-12-8(6-7)9(11)13;1-10(2,3)7-4-5-8(9(11)13)12-6-7/h5,7-8,12,16H,4,6H2,1-3H3,(H2,15,17);4-9H,1-3H3;6-7,9,14H,4-5,8H2,1-3H3;4-9H,1-3H3;4-8H,1-3H3;2*5-8H,1-4H3;2*4-6H,1-3H3,(H2,11,13). The first kappa shape index (κ1) is 98.8. The lowest BCUT2D eigenvalue weighted by atomic mass is 9.84. The number of carbonyl (C=O) groups excluding carboxylic acids is 3. The van der Waals surface area contributed by atoms with Crippen molar-refractivity contribution in [2.24, 2.45) is 17.2 Å². The number of carbonyl (C=O) groups is 3. The summed E-state index contributed by atoms with van der Waals surface area (Å²) >= 11 is 0. The van der Waals surface area contributed by atoms with Crippen LogP contribution in [0.4, 0.5) is 11.4 Å². The highest BCUT2D eigenvalue weighted by atomic mass is 16.2. The summed E-state index contributed by atoms with van der Waals surface area (Å²) < 4.78 is 0. The average Bonchev–Trinajstić information content (AvgIpc) is 0.809. The zero-order chi connectivity index (χ0) is 90.4. The molecule has 1 unspecified atom stereocenters. The van der Waals surface area contributed by atoms with E-state index in [9.17, 15) is 14.4 Å². The number of benzene rings is 7. The van der Waals surface area contributed by atoms with Gasteiger partial charge in [0.25, 0.3) is 11.8 Å². The van der Waals surface area contributed by atoms with Crippen LogP contribution in [-0.2, 0) is 66.4 Å². The molecule has 7 heterocycles. The SMILES string of the molecule is CC(C)(C)c1ccc(C(N)=O)nc1.CC(C)(C)c1ccc2c(c1)CCC(C(N)=O)N2.CC(C)(C)c1ccc2c(c1)CCCN2.CC(C)(C)c1ccc2cnccc2c1.CC(C)(C)c1ccc2ncccc2c1.CC(C)(C)c1ccc2ncncc2c1.CC(C)(C)c1ccnc(C(N)=O)c1.Cc1ccc(C(C)(C)C)cc1.Cc1cccc(C(C)(C)C)c1. The van der Waals surface area contributed by atoms with Crippen LogP contribution in [-0.4, -0.2) is 60.2 Å². The van der Waals surface area contributed by atoms with Crippen molar-refractivity contribution in [3.8, 4) is 0 Å². The fourth-order valence-corrected chi connectivity index (χ4v) is 12.8. The lowest BCUT2D eigenvalue weighted by Gasteiger charge is -2.27. The minimum Gasteiger partial charge on any atom is -0.385 e. The molecule has 14 heteroatoms. The first-order valence-electron chi connectivity index (χ1n) is 42.6. The van der Waals surface area contributed by atoms with Gasteiger partial charge in [0.15, 0.2) is 0 Å². The molecule has 0 saturated heterocycles. The molecule has 0 spiro atoms. The summed E-state index contributed by atoms with van der Waals surface area (Å²) in [6, 6.07) is 63.2. The van der Waals surface area contributed by atoms with Gasteiger partial charge in [-0.1, -0.05) is 313 Å². The molecule has 7 aromatic carbocycles. The van der Waals surface area contributed by atoms with Crippen LogP contribution >= 0.6 is 0 Å². The zero-order valence-electron chi connectivity index (χ0n) is 78.6. The number of hydrogen-bond donors (Lipinski definition) is 5. The number of aryl methyl sites for hydroxylation is 4. The summed E-state index contributed by atoms with van der Waals surface area (Å²) in [6.07, 6.45) is 16.5. The molecule has 14 nitrogen and oxygen atoms in total. The Morgan fingerprint density at radius 3 is 1.29 bits per heavy atom. The number of amides is 3. The second kappa shape index (κ2) is 42.0. The molecule has 14 rings (SSSR count). The van der Waals surface area contributed by atoms with E-state index in [-0.39, 0.29) is 60.7 Å². The fraction of sp³-hybridized carbons (Fsp3) is 0.411. The summed E-state index contributed by atoms with van der Waals surface area (Å²) in [5.41, 5.74) is 39.6. The highest BCUT2D eigenvalue weighted by Crippen LogP contribution is 2.34. The minimum atomic E-state index is -0.486.